The van der Waals surface area contributed by atoms with E-state index in [2.05, 4.69) is 26.0 Å². The van der Waals surface area contributed by atoms with Crippen LogP contribution in [0.4, 0.5) is 0 Å². The summed E-state index contributed by atoms with van der Waals surface area (Å²) in [6.07, 6.45) is 0. The van der Waals surface area contributed by atoms with Gasteiger partial charge in [-0.3, -0.25) is 0 Å². The standard InChI is InChI=1S/C8H7BrClN3S/c1-4-7(9)5(2)13(12-4)8-11-6(10)3-14-8/h3H,1-2H3. The first-order valence-electron chi connectivity index (χ1n) is 3.92. The third-order valence-corrected chi connectivity index (χ3v) is 4.14. The number of aryl methyl sites for hydroxylation is 1. The first-order chi connectivity index (χ1) is 6.59. The molecule has 0 spiro atoms. The van der Waals surface area contributed by atoms with Crippen molar-refractivity contribution in [3.63, 3.8) is 0 Å². The maximum atomic E-state index is 5.76. The second-order valence-electron chi connectivity index (χ2n) is 2.85. The average Bonchev–Trinajstić information content (AvgIpc) is 2.66. The Bertz CT molecular complexity index is 477. The monoisotopic (exact) mass is 291 g/mol. The van der Waals surface area contributed by atoms with Gasteiger partial charge in [-0.2, -0.15) is 5.10 Å². The number of nitrogens with zero attached hydrogens (tertiary/aromatic N) is 3. The Kier molecular flexibility index (Phi) is 2.64. The summed E-state index contributed by atoms with van der Waals surface area (Å²) in [5.41, 5.74) is 1.99. The average molecular weight is 293 g/mol. The fourth-order valence-electron chi connectivity index (χ4n) is 1.15. The molecule has 2 aromatic rings. The molecule has 0 aliphatic carbocycles. The Morgan fingerprint density at radius 3 is 2.64 bits per heavy atom. The summed E-state index contributed by atoms with van der Waals surface area (Å²) in [5.74, 6) is 0. The van der Waals surface area contributed by atoms with Gasteiger partial charge in [0.25, 0.3) is 0 Å². The van der Waals surface area contributed by atoms with Gasteiger partial charge in [-0.15, -0.1) is 11.3 Å². The van der Waals surface area contributed by atoms with Crippen molar-refractivity contribution in [3.8, 4) is 5.13 Å². The topological polar surface area (TPSA) is 30.7 Å². The van der Waals surface area contributed by atoms with Crippen LogP contribution in [0.1, 0.15) is 11.4 Å². The molecule has 0 aliphatic heterocycles. The molecule has 14 heavy (non-hydrogen) atoms. The highest BCUT2D eigenvalue weighted by molar-refractivity contribution is 9.10. The van der Waals surface area contributed by atoms with Gasteiger partial charge in [-0.05, 0) is 29.8 Å². The molecule has 0 aliphatic rings. The molecular formula is C8H7BrClN3S. The lowest BCUT2D eigenvalue weighted by molar-refractivity contribution is 0.825. The summed E-state index contributed by atoms with van der Waals surface area (Å²) >= 11 is 10.7. The molecule has 0 radical (unpaired) electrons. The molecule has 6 heteroatoms. The highest BCUT2D eigenvalue weighted by Gasteiger charge is 2.12. The van der Waals surface area contributed by atoms with Crippen LogP contribution in [0.25, 0.3) is 5.13 Å². The quantitative estimate of drug-likeness (QED) is 0.807. The Hall–Kier alpha value is -0.390. The summed E-state index contributed by atoms with van der Waals surface area (Å²) in [6, 6.07) is 0. The fraction of sp³-hybridized carbons (Fsp3) is 0.250. The molecule has 2 aromatic heterocycles. The molecule has 74 valence electrons. The highest BCUT2D eigenvalue weighted by atomic mass is 79.9. The van der Waals surface area contributed by atoms with Crippen molar-refractivity contribution in [2.75, 3.05) is 0 Å². The number of aromatic nitrogens is 3. The predicted molar refractivity (Wildman–Crippen MR) is 61.4 cm³/mol. The van der Waals surface area contributed by atoms with E-state index in [9.17, 15) is 0 Å². The molecule has 3 nitrogen and oxygen atoms in total. The van der Waals surface area contributed by atoms with Crippen molar-refractivity contribution in [2.45, 2.75) is 13.8 Å². The highest BCUT2D eigenvalue weighted by Crippen LogP contribution is 2.25. The van der Waals surface area contributed by atoms with Gasteiger partial charge in [0.05, 0.1) is 15.9 Å². The molecule has 2 rings (SSSR count). The number of halogens is 2. The van der Waals surface area contributed by atoms with Gasteiger partial charge >= 0.3 is 0 Å². The number of hydrogen-bond acceptors (Lipinski definition) is 3. The van der Waals surface area contributed by atoms with Gasteiger partial charge in [0, 0.05) is 5.38 Å². The zero-order valence-electron chi connectivity index (χ0n) is 7.58. The van der Waals surface area contributed by atoms with Gasteiger partial charge in [-0.1, -0.05) is 11.6 Å². The van der Waals surface area contributed by atoms with Crippen LogP contribution in [0.2, 0.25) is 5.15 Å². The van der Waals surface area contributed by atoms with Crippen LogP contribution in [0.3, 0.4) is 0 Å². The molecule has 2 heterocycles. The van der Waals surface area contributed by atoms with Crippen LogP contribution in [-0.4, -0.2) is 14.8 Å². The van der Waals surface area contributed by atoms with Crippen LogP contribution < -0.4 is 0 Å². The fourth-order valence-corrected chi connectivity index (χ4v) is 2.35. The molecule has 0 atom stereocenters. The van der Waals surface area contributed by atoms with E-state index in [4.69, 9.17) is 11.6 Å². The van der Waals surface area contributed by atoms with E-state index in [1.165, 1.54) is 11.3 Å². The van der Waals surface area contributed by atoms with Crippen LogP contribution in [0, 0.1) is 13.8 Å². The molecule has 0 N–H and O–H groups in total. The van der Waals surface area contributed by atoms with E-state index in [1.54, 1.807) is 10.1 Å². The minimum absolute atomic E-state index is 0.508. The van der Waals surface area contributed by atoms with Gasteiger partial charge in [0.2, 0.25) is 5.13 Å². The first-order valence-corrected chi connectivity index (χ1v) is 5.98. The van der Waals surface area contributed by atoms with Crippen molar-refractivity contribution in [3.05, 3.63) is 26.4 Å². The van der Waals surface area contributed by atoms with Gasteiger partial charge in [0.1, 0.15) is 5.15 Å². The van der Waals surface area contributed by atoms with Crippen molar-refractivity contribution in [2.24, 2.45) is 0 Å². The van der Waals surface area contributed by atoms with Crippen molar-refractivity contribution >= 4 is 38.9 Å². The second kappa shape index (κ2) is 3.64. The third-order valence-electron chi connectivity index (χ3n) is 1.85. The lowest BCUT2D eigenvalue weighted by Crippen LogP contribution is -1.97. The molecule has 0 unspecified atom stereocenters. The van der Waals surface area contributed by atoms with Crippen molar-refractivity contribution < 1.29 is 0 Å². The summed E-state index contributed by atoms with van der Waals surface area (Å²) in [4.78, 5) is 4.16. The first kappa shape index (κ1) is 10.1. The summed E-state index contributed by atoms with van der Waals surface area (Å²) in [7, 11) is 0. The van der Waals surface area contributed by atoms with E-state index in [-0.39, 0.29) is 0 Å². The number of rotatable bonds is 1. The Morgan fingerprint density at radius 2 is 2.21 bits per heavy atom. The van der Waals surface area contributed by atoms with E-state index < -0.39 is 0 Å². The molecule has 0 saturated carbocycles. The maximum Gasteiger partial charge on any atom is 0.212 e. The van der Waals surface area contributed by atoms with Gasteiger partial charge in [-0.25, -0.2) is 9.67 Å². The Morgan fingerprint density at radius 1 is 1.50 bits per heavy atom. The normalized spacial score (nSPS) is 10.9. The van der Waals surface area contributed by atoms with E-state index in [0.29, 0.717) is 5.15 Å². The van der Waals surface area contributed by atoms with E-state index in [1.807, 2.05) is 13.8 Å². The minimum Gasteiger partial charge on any atom is -0.209 e. The lowest BCUT2D eigenvalue weighted by Gasteiger charge is -1.97. The number of thiazole rings is 1. The minimum atomic E-state index is 0.508. The van der Waals surface area contributed by atoms with E-state index >= 15 is 0 Å². The van der Waals surface area contributed by atoms with Gasteiger partial charge in [0.15, 0.2) is 0 Å². The Labute approximate surface area is 98.9 Å². The Balaban J connectivity index is 2.57. The SMILES string of the molecule is Cc1nn(-c2nc(Cl)cs2)c(C)c1Br. The largest absolute Gasteiger partial charge is 0.212 e. The third kappa shape index (κ3) is 1.60. The molecule has 0 saturated heterocycles. The summed E-state index contributed by atoms with van der Waals surface area (Å²) in [6.45, 7) is 3.93. The van der Waals surface area contributed by atoms with Crippen molar-refractivity contribution in [1.29, 1.82) is 0 Å². The zero-order chi connectivity index (χ0) is 10.3. The smallest absolute Gasteiger partial charge is 0.209 e. The van der Waals surface area contributed by atoms with Crippen molar-refractivity contribution in [1.82, 2.24) is 14.8 Å². The van der Waals surface area contributed by atoms with Crippen LogP contribution in [0.15, 0.2) is 9.85 Å². The molecule has 0 aromatic carbocycles. The second-order valence-corrected chi connectivity index (χ2v) is 4.87. The molecule has 0 fully saturated rings. The van der Waals surface area contributed by atoms with E-state index in [0.717, 1.165) is 21.0 Å². The predicted octanol–water partition coefficient (Wildman–Crippen LogP) is 3.36. The summed E-state index contributed by atoms with van der Waals surface area (Å²) in [5, 5.41) is 7.45. The molecular weight excluding hydrogens is 286 g/mol. The zero-order valence-corrected chi connectivity index (χ0v) is 10.7. The van der Waals surface area contributed by atoms with Gasteiger partial charge < -0.3 is 0 Å². The molecule has 0 bridgehead atoms. The van der Waals surface area contributed by atoms with Crippen LogP contribution >= 0.6 is 38.9 Å². The number of hydrogen-bond donors (Lipinski definition) is 0. The molecule has 0 amide bonds. The van der Waals surface area contributed by atoms with Crippen LogP contribution in [0.5, 0.6) is 0 Å². The maximum absolute atomic E-state index is 5.76. The summed E-state index contributed by atoms with van der Waals surface area (Å²) < 4.78 is 2.81. The van der Waals surface area contributed by atoms with Crippen LogP contribution in [-0.2, 0) is 0 Å². The lowest BCUT2D eigenvalue weighted by atomic mass is 10.4.